The van der Waals surface area contributed by atoms with Gasteiger partial charge in [-0.3, -0.25) is 14.9 Å². The normalized spacial score (nSPS) is 13.1. The van der Waals surface area contributed by atoms with Crippen LogP contribution < -0.4 is 0 Å². The minimum Gasteiger partial charge on any atom is -0.469 e. The molecule has 6 heteroatoms. The first kappa shape index (κ1) is 17.9. The van der Waals surface area contributed by atoms with E-state index in [-0.39, 0.29) is 6.54 Å². The van der Waals surface area contributed by atoms with Gasteiger partial charge in [0.25, 0.3) is 0 Å². The second kappa shape index (κ2) is 8.45. The van der Waals surface area contributed by atoms with Crippen LogP contribution in [-0.2, 0) is 16.0 Å². The van der Waals surface area contributed by atoms with Crippen LogP contribution in [0.5, 0.6) is 0 Å². The van der Waals surface area contributed by atoms with Crippen molar-refractivity contribution >= 4 is 17.6 Å². The Morgan fingerprint density at radius 3 is 2.50 bits per heavy atom. The first-order valence-electron chi connectivity index (χ1n) is 7.50. The van der Waals surface area contributed by atoms with E-state index in [1.54, 1.807) is 42.5 Å². The number of nitrogens with zero attached hydrogens (tertiary/aromatic N) is 1. The molecular formula is C18H18ClNO4. The summed E-state index contributed by atoms with van der Waals surface area (Å²) in [6, 6.07) is 16.1. The smallest absolute Gasteiger partial charge is 0.309 e. The van der Waals surface area contributed by atoms with E-state index in [4.69, 9.17) is 16.3 Å². The molecule has 2 aromatic carbocycles. The van der Waals surface area contributed by atoms with Crippen LogP contribution in [0.2, 0.25) is 5.02 Å². The van der Waals surface area contributed by atoms with E-state index in [1.807, 2.05) is 12.1 Å². The molecule has 126 valence electrons. The van der Waals surface area contributed by atoms with E-state index >= 15 is 0 Å². The molecule has 2 rings (SSSR count). The number of carbonyl (C=O) groups excluding carboxylic acids is 1. The van der Waals surface area contributed by atoms with Gasteiger partial charge in [-0.15, -0.1) is 0 Å². The molecule has 0 N–H and O–H groups in total. The Morgan fingerprint density at radius 2 is 1.92 bits per heavy atom. The quantitative estimate of drug-likeness (QED) is 0.434. The average molecular weight is 348 g/mol. The Balaban J connectivity index is 2.38. The predicted molar refractivity (Wildman–Crippen MR) is 91.7 cm³/mol. The van der Waals surface area contributed by atoms with Crippen LogP contribution in [0.15, 0.2) is 54.6 Å². The number of carbonyl (C=O) groups is 1. The maximum atomic E-state index is 12.3. The standard InChI is InChI=1S/C18H18ClNO4/c1-24-18(21)16(11-13-6-5-9-15(19)10-13)17(12-20(22)23)14-7-3-2-4-8-14/h2-10,16-17H,11-12H2,1H3/t16-,17+/m0/s1. The SMILES string of the molecule is COC(=O)[C@@H](Cc1cccc(Cl)c1)[C@H](C[N+](=O)[O-])c1ccccc1. The monoisotopic (exact) mass is 347 g/mol. The molecule has 0 aliphatic rings. The van der Waals surface area contributed by atoms with Gasteiger partial charge in [-0.25, -0.2) is 0 Å². The van der Waals surface area contributed by atoms with Crippen LogP contribution >= 0.6 is 11.6 Å². The molecule has 0 unspecified atom stereocenters. The third-order valence-electron chi connectivity index (χ3n) is 3.91. The highest BCUT2D eigenvalue weighted by atomic mass is 35.5. The minimum absolute atomic E-state index is 0.320. The van der Waals surface area contributed by atoms with E-state index in [2.05, 4.69) is 0 Å². The first-order chi connectivity index (χ1) is 11.5. The highest BCUT2D eigenvalue weighted by molar-refractivity contribution is 6.30. The highest BCUT2D eigenvalue weighted by Crippen LogP contribution is 2.30. The van der Waals surface area contributed by atoms with Gasteiger partial charge in [-0.05, 0) is 29.7 Å². The van der Waals surface area contributed by atoms with Crippen molar-refractivity contribution in [1.29, 1.82) is 0 Å². The van der Waals surface area contributed by atoms with E-state index in [9.17, 15) is 14.9 Å². The van der Waals surface area contributed by atoms with E-state index < -0.39 is 22.7 Å². The number of halogens is 1. The molecule has 2 atom stereocenters. The molecule has 0 radical (unpaired) electrons. The number of methoxy groups -OCH3 is 1. The summed E-state index contributed by atoms with van der Waals surface area (Å²) < 4.78 is 4.90. The molecule has 0 fully saturated rings. The van der Waals surface area contributed by atoms with Crippen LogP contribution in [0.4, 0.5) is 0 Å². The van der Waals surface area contributed by atoms with Crippen LogP contribution in [-0.4, -0.2) is 24.5 Å². The Hall–Kier alpha value is -2.40. The van der Waals surface area contributed by atoms with Gasteiger partial charge in [0.1, 0.15) is 0 Å². The fourth-order valence-electron chi connectivity index (χ4n) is 2.78. The third kappa shape index (κ3) is 4.80. The Morgan fingerprint density at radius 1 is 1.21 bits per heavy atom. The summed E-state index contributed by atoms with van der Waals surface area (Å²) in [5.41, 5.74) is 1.58. The molecule has 5 nitrogen and oxygen atoms in total. The van der Waals surface area contributed by atoms with Crippen LogP contribution in [0.3, 0.4) is 0 Å². The Labute approximate surface area is 145 Å². The molecule has 24 heavy (non-hydrogen) atoms. The van der Waals surface area contributed by atoms with Gasteiger partial charge in [-0.2, -0.15) is 0 Å². The van der Waals surface area contributed by atoms with Gasteiger partial charge in [0, 0.05) is 9.95 Å². The van der Waals surface area contributed by atoms with Crippen molar-refractivity contribution in [3.05, 3.63) is 80.9 Å². The maximum absolute atomic E-state index is 12.3. The second-order valence-corrected chi connectivity index (χ2v) is 5.93. The molecule has 2 aromatic rings. The fourth-order valence-corrected chi connectivity index (χ4v) is 3.00. The van der Waals surface area contributed by atoms with Crippen molar-refractivity contribution < 1.29 is 14.5 Å². The lowest BCUT2D eigenvalue weighted by molar-refractivity contribution is -0.484. The van der Waals surface area contributed by atoms with E-state index in [0.29, 0.717) is 11.4 Å². The summed E-state index contributed by atoms with van der Waals surface area (Å²) in [6.45, 7) is -0.343. The van der Waals surface area contributed by atoms with Crippen molar-refractivity contribution in [2.75, 3.05) is 13.7 Å². The summed E-state index contributed by atoms with van der Waals surface area (Å²) in [6.07, 6.45) is 0.320. The van der Waals surface area contributed by atoms with Crippen molar-refractivity contribution in [3.8, 4) is 0 Å². The lowest BCUT2D eigenvalue weighted by Crippen LogP contribution is -2.30. The number of nitro groups is 1. The van der Waals surface area contributed by atoms with Crippen molar-refractivity contribution in [3.63, 3.8) is 0 Å². The average Bonchev–Trinajstić information content (AvgIpc) is 2.58. The fraction of sp³-hybridized carbons (Fsp3) is 0.278. The number of ether oxygens (including phenoxy) is 1. The van der Waals surface area contributed by atoms with Crippen molar-refractivity contribution in [1.82, 2.24) is 0 Å². The van der Waals surface area contributed by atoms with Gasteiger partial charge in [-0.1, -0.05) is 54.1 Å². The summed E-state index contributed by atoms with van der Waals surface area (Å²) in [4.78, 5) is 23.1. The Bertz CT molecular complexity index is 705. The van der Waals surface area contributed by atoms with Crippen LogP contribution in [0.1, 0.15) is 17.0 Å². The third-order valence-corrected chi connectivity index (χ3v) is 4.14. The molecule has 0 bridgehead atoms. The second-order valence-electron chi connectivity index (χ2n) is 5.50. The van der Waals surface area contributed by atoms with E-state index in [1.165, 1.54) is 7.11 Å². The molecule has 0 amide bonds. The zero-order valence-electron chi connectivity index (χ0n) is 13.2. The molecule has 0 aromatic heterocycles. The van der Waals surface area contributed by atoms with Crippen molar-refractivity contribution in [2.24, 2.45) is 5.92 Å². The molecule has 0 aliphatic heterocycles. The summed E-state index contributed by atoms with van der Waals surface area (Å²) in [5, 5.41) is 11.7. The zero-order chi connectivity index (χ0) is 17.5. The highest BCUT2D eigenvalue weighted by Gasteiger charge is 2.34. The molecular weight excluding hydrogens is 330 g/mol. The largest absolute Gasteiger partial charge is 0.469 e. The van der Waals surface area contributed by atoms with Gasteiger partial charge in [0.2, 0.25) is 6.54 Å². The van der Waals surface area contributed by atoms with Crippen LogP contribution in [0.25, 0.3) is 0 Å². The molecule has 0 saturated heterocycles. The maximum Gasteiger partial charge on any atom is 0.309 e. The van der Waals surface area contributed by atoms with Crippen molar-refractivity contribution in [2.45, 2.75) is 12.3 Å². The number of hydrogen-bond donors (Lipinski definition) is 0. The number of rotatable bonds is 7. The topological polar surface area (TPSA) is 69.4 Å². The predicted octanol–water partition coefficient (Wildman–Crippen LogP) is 3.73. The lowest BCUT2D eigenvalue weighted by atomic mass is 9.82. The number of hydrogen-bond acceptors (Lipinski definition) is 4. The summed E-state index contributed by atoms with van der Waals surface area (Å²) >= 11 is 6.00. The number of esters is 1. The minimum atomic E-state index is -0.665. The number of benzene rings is 2. The molecule has 0 saturated carbocycles. The van der Waals surface area contributed by atoms with Gasteiger partial charge >= 0.3 is 5.97 Å². The molecule has 0 heterocycles. The Kier molecular flexibility index (Phi) is 6.32. The van der Waals surface area contributed by atoms with Gasteiger partial charge in [0.05, 0.1) is 18.9 Å². The van der Waals surface area contributed by atoms with Crippen LogP contribution in [0, 0.1) is 16.0 Å². The summed E-state index contributed by atoms with van der Waals surface area (Å²) in [7, 11) is 1.29. The lowest BCUT2D eigenvalue weighted by Gasteiger charge is -2.23. The summed E-state index contributed by atoms with van der Waals surface area (Å²) in [5.74, 6) is -1.71. The molecule has 0 spiro atoms. The van der Waals surface area contributed by atoms with Gasteiger partial charge in [0.15, 0.2) is 0 Å². The first-order valence-corrected chi connectivity index (χ1v) is 7.88. The zero-order valence-corrected chi connectivity index (χ0v) is 14.0. The van der Waals surface area contributed by atoms with E-state index in [0.717, 1.165) is 11.1 Å². The molecule has 0 aliphatic carbocycles. The van der Waals surface area contributed by atoms with Gasteiger partial charge < -0.3 is 4.74 Å².